The van der Waals surface area contributed by atoms with Gasteiger partial charge in [-0.15, -0.1) is 0 Å². The minimum atomic E-state index is -0.549. The van der Waals surface area contributed by atoms with Gasteiger partial charge in [-0.25, -0.2) is 4.79 Å². The molecule has 6 heteroatoms. The fourth-order valence-corrected chi connectivity index (χ4v) is 2.53. The number of hydrogen-bond acceptors (Lipinski definition) is 3. The van der Waals surface area contributed by atoms with Gasteiger partial charge in [0.2, 0.25) is 0 Å². The number of nitrogens with one attached hydrogen (secondary N) is 2. The van der Waals surface area contributed by atoms with Crippen molar-refractivity contribution in [1.82, 2.24) is 5.32 Å². The molecule has 2 aromatic rings. The van der Waals surface area contributed by atoms with Crippen molar-refractivity contribution in [3.8, 4) is 11.5 Å². The summed E-state index contributed by atoms with van der Waals surface area (Å²) in [6.07, 6.45) is 0. The van der Waals surface area contributed by atoms with Gasteiger partial charge in [-0.2, -0.15) is 0 Å². The average molecular weight is 349 g/mol. The van der Waals surface area contributed by atoms with Crippen molar-refractivity contribution in [2.24, 2.45) is 0 Å². The largest absolute Gasteiger partial charge is 0.497 e. The summed E-state index contributed by atoms with van der Waals surface area (Å²) < 4.78 is 10.2. The molecule has 24 heavy (non-hydrogen) atoms. The fourth-order valence-electron chi connectivity index (χ4n) is 2.27. The SMILES string of the molecule is COc1ccc(C(C)(C)NC(=O)Nc2ccc(OC)c(Cl)c2)cc1. The van der Waals surface area contributed by atoms with Gasteiger partial charge in [-0.1, -0.05) is 23.7 Å². The first-order valence-corrected chi connectivity index (χ1v) is 7.81. The predicted molar refractivity (Wildman–Crippen MR) is 96.2 cm³/mol. The molecule has 2 amide bonds. The molecule has 0 saturated carbocycles. The summed E-state index contributed by atoms with van der Waals surface area (Å²) >= 11 is 6.06. The first-order valence-electron chi connectivity index (χ1n) is 7.43. The highest BCUT2D eigenvalue weighted by Crippen LogP contribution is 2.27. The maximum atomic E-state index is 12.3. The van der Waals surface area contributed by atoms with E-state index in [9.17, 15) is 4.79 Å². The second kappa shape index (κ2) is 7.45. The first kappa shape index (κ1) is 17.9. The molecule has 0 aromatic heterocycles. The maximum Gasteiger partial charge on any atom is 0.319 e. The highest BCUT2D eigenvalue weighted by molar-refractivity contribution is 6.32. The second-order valence-corrected chi connectivity index (χ2v) is 6.19. The Morgan fingerprint density at radius 2 is 1.71 bits per heavy atom. The van der Waals surface area contributed by atoms with Crippen LogP contribution in [0.3, 0.4) is 0 Å². The predicted octanol–water partition coefficient (Wildman–Crippen LogP) is 4.41. The monoisotopic (exact) mass is 348 g/mol. The lowest BCUT2D eigenvalue weighted by molar-refractivity contribution is 0.242. The minimum Gasteiger partial charge on any atom is -0.497 e. The molecule has 0 saturated heterocycles. The quantitative estimate of drug-likeness (QED) is 0.841. The second-order valence-electron chi connectivity index (χ2n) is 5.78. The maximum absolute atomic E-state index is 12.3. The van der Waals surface area contributed by atoms with E-state index in [1.807, 2.05) is 38.1 Å². The Labute approximate surface area is 146 Å². The number of ether oxygens (including phenoxy) is 2. The van der Waals surface area contributed by atoms with Crippen LogP contribution >= 0.6 is 11.6 Å². The zero-order chi connectivity index (χ0) is 17.7. The molecule has 2 rings (SSSR count). The molecule has 0 aliphatic heterocycles. The van der Waals surface area contributed by atoms with Crippen LogP contribution in [0.4, 0.5) is 10.5 Å². The van der Waals surface area contributed by atoms with Crippen LogP contribution in [0.25, 0.3) is 0 Å². The van der Waals surface area contributed by atoms with Gasteiger partial charge in [0.15, 0.2) is 0 Å². The number of urea groups is 1. The van der Waals surface area contributed by atoms with Crippen molar-refractivity contribution in [2.75, 3.05) is 19.5 Å². The Morgan fingerprint density at radius 3 is 2.25 bits per heavy atom. The first-order chi connectivity index (χ1) is 11.4. The van der Waals surface area contributed by atoms with E-state index in [1.54, 1.807) is 32.4 Å². The minimum absolute atomic E-state index is 0.322. The Bertz CT molecular complexity index is 715. The lowest BCUT2D eigenvalue weighted by Crippen LogP contribution is -2.43. The normalized spacial score (nSPS) is 10.9. The van der Waals surface area contributed by atoms with Crippen molar-refractivity contribution < 1.29 is 14.3 Å². The number of halogens is 1. The van der Waals surface area contributed by atoms with Gasteiger partial charge in [0.25, 0.3) is 0 Å². The van der Waals surface area contributed by atoms with E-state index in [2.05, 4.69) is 10.6 Å². The van der Waals surface area contributed by atoms with Crippen LogP contribution in [0.2, 0.25) is 5.02 Å². The highest BCUT2D eigenvalue weighted by atomic mass is 35.5. The number of amides is 2. The number of carbonyl (C=O) groups is 1. The summed E-state index contributed by atoms with van der Waals surface area (Å²) in [6.45, 7) is 3.85. The van der Waals surface area contributed by atoms with Crippen molar-refractivity contribution in [2.45, 2.75) is 19.4 Å². The Balaban J connectivity index is 2.05. The molecule has 0 radical (unpaired) electrons. The third-order valence-electron chi connectivity index (χ3n) is 3.65. The molecule has 0 heterocycles. The van der Waals surface area contributed by atoms with Crippen LogP contribution in [0.5, 0.6) is 11.5 Å². The van der Waals surface area contributed by atoms with E-state index in [-0.39, 0.29) is 6.03 Å². The molecule has 0 atom stereocenters. The van der Waals surface area contributed by atoms with Gasteiger partial charge < -0.3 is 20.1 Å². The van der Waals surface area contributed by atoms with E-state index in [0.29, 0.717) is 16.5 Å². The number of methoxy groups -OCH3 is 2. The van der Waals surface area contributed by atoms with Gasteiger partial charge in [-0.05, 0) is 49.7 Å². The van der Waals surface area contributed by atoms with Crippen molar-refractivity contribution in [1.29, 1.82) is 0 Å². The van der Waals surface area contributed by atoms with E-state index in [0.717, 1.165) is 11.3 Å². The van der Waals surface area contributed by atoms with Crippen LogP contribution < -0.4 is 20.1 Å². The number of carbonyl (C=O) groups excluding carboxylic acids is 1. The van der Waals surface area contributed by atoms with E-state index in [1.165, 1.54) is 0 Å². The van der Waals surface area contributed by atoms with Crippen molar-refractivity contribution in [3.63, 3.8) is 0 Å². The summed E-state index contributed by atoms with van der Waals surface area (Å²) in [6, 6.07) is 12.3. The molecule has 0 aliphatic carbocycles. The van der Waals surface area contributed by atoms with Crippen LogP contribution in [0, 0.1) is 0 Å². The van der Waals surface area contributed by atoms with Gasteiger partial charge in [-0.3, -0.25) is 0 Å². The van der Waals surface area contributed by atoms with Gasteiger partial charge in [0.05, 0.1) is 24.8 Å². The van der Waals surface area contributed by atoms with E-state index in [4.69, 9.17) is 21.1 Å². The average Bonchev–Trinajstić information content (AvgIpc) is 2.54. The lowest BCUT2D eigenvalue weighted by Gasteiger charge is -2.27. The van der Waals surface area contributed by atoms with E-state index < -0.39 is 5.54 Å². The Hall–Kier alpha value is -2.40. The standard InChI is InChI=1S/C18H21ClN2O3/c1-18(2,12-5-8-14(23-3)9-6-12)21-17(22)20-13-7-10-16(24-4)15(19)11-13/h5-11H,1-4H3,(H2,20,21,22). The number of rotatable bonds is 5. The Morgan fingerprint density at radius 1 is 1.04 bits per heavy atom. The van der Waals surface area contributed by atoms with Crippen LogP contribution in [0.15, 0.2) is 42.5 Å². The molecule has 0 fully saturated rings. The third-order valence-corrected chi connectivity index (χ3v) is 3.94. The van der Waals surface area contributed by atoms with Crippen LogP contribution in [0.1, 0.15) is 19.4 Å². The number of benzene rings is 2. The van der Waals surface area contributed by atoms with Gasteiger partial charge >= 0.3 is 6.03 Å². The molecule has 0 aliphatic rings. The van der Waals surface area contributed by atoms with E-state index >= 15 is 0 Å². The summed E-state index contributed by atoms with van der Waals surface area (Å²) in [5, 5.41) is 6.14. The highest BCUT2D eigenvalue weighted by Gasteiger charge is 2.23. The third kappa shape index (κ3) is 4.32. The van der Waals surface area contributed by atoms with Crippen molar-refractivity contribution in [3.05, 3.63) is 53.1 Å². The molecule has 0 bridgehead atoms. The molecule has 0 spiro atoms. The molecule has 0 unspecified atom stereocenters. The summed E-state index contributed by atoms with van der Waals surface area (Å²) in [7, 11) is 3.16. The molecular formula is C18H21ClN2O3. The summed E-state index contributed by atoms with van der Waals surface area (Å²) in [5.41, 5.74) is 1.00. The molecule has 5 nitrogen and oxygen atoms in total. The fraction of sp³-hybridized carbons (Fsp3) is 0.278. The topological polar surface area (TPSA) is 59.6 Å². The van der Waals surface area contributed by atoms with Gasteiger partial charge in [0.1, 0.15) is 11.5 Å². The smallest absolute Gasteiger partial charge is 0.319 e. The Kier molecular flexibility index (Phi) is 5.57. The van der Waals surface area contributed by atoms with Gasteiger partial charge in [0, 0.05) is 5.69 Å². The summed E-state index contributed by atoms with van der Waals surface area (Å²) in [4.78, 5) is 12.3. The number of hydrogen-bond donors (Lipinski definition) is 2. The zero-order valence-electron chi connectivity index (χ0n) is 14.1. The number of anilines is 1. The molecular weight excluding hydrogens is 328 g/mol. The van der Waals surface area contributed by atoms with Crippen LogP contribution in [-0.4, -0.2) is 20.3 Å². The summed E-state index contributed by atoms with van der Waals surface area (Å²) in [5.74, 6) is 1.33. The zero-order valence-corrected chi connectivity index (χ0v) is 14.9. The molecule has 128 valence electrons. The molecule has 2 aromatic carbocycles. The lowest BCUT2D eigenvalue weighted by atomic mass is 9.94. The molecule has 2 N–H and O–H groups in total. The van der Waals surface area contributed by atoms with Crippen LogP contribution in [-0.2, 0) is 5.54 Å². The van der Waals surface area contributed by atoms with Crippen molar-refractivity contribution >= 4 is 23.3 Å².